The number of carbonyl (C=O) groups excluding carboxylic acids is 1. The largest absolute Gasteiger partial charge is 0.328 e. The minimum Gasteiger partial charge on any atom is -0.328 e. The van der Waals surface area contributed by atoms with Crippen LogP contribution < -0.4 is 5.32 Å². The fourth-order valence-corrected chi connectivity index (χ4v) is 5.01. The summed E-state index contributed by atoms with van der Waals surface area (Å²) in [5, 5.41) is 9.57. The van der Waals surface area contributed by atoms with Crippen molar-refractivity contribution in [3.05, 3.63) is 81.5 Å². The van der Waals surface area contributed by atoms with Crippen LogP contribution in [0.2, 0.25) is 5.02 Å². The SMILES string of the molecule is Cc1ccc([C@@H]2C3=C(CCCC3=O)Nc3nc(SCc4cccc(Cl)c4)nn32)cc1. The second-order valence-electron chi connectivity index (χ2n) is 7.69. The number of aromatic nitrogens is 3. The van der Waals surface area contributed by atoms with Crippen molar-refractivity contribution in [2.45, 2.75) is 43.1 Å². The van der Waals surface area contributed by atoms with Gasteiger partial charge < -0.3 is 5.32 Å². The highest BCUT2D eigenvalue weighted by Crippen LogP contribution is 2.40. The number of fused-ring (bicyclic) bond motifs is 1. The molecule has 30 heavy (non-hydrogen) atoms. The van der Waals surface area contributed by atoms with Gasteiger partial charge in [0.05, 0.1) is 0 Å². The van der Waals surface area contributed by atoms with Gasteiger partial charge in [-0.15, -0.1) is 5.10 Å². The van der Waals surface area contributed by atoms with Gasteiger partial charge in [0.2, 0.25) is 11.1 Å². The number of hydrogen-bond donors (Lipinski definition) is 1. The minimum atomic E-state index is -0.238. The zero-order chi connectivity index (χ0) is 20.7. The van der Waals surface area contributed by atoms with Crippen molar-refractivity contribution in [3.63, 3.8) is 0 Å². The van der Waals surface area contributed by atoms with Crippen molar-refractivity contribution < 1.29 is 4.79 Å². The molecule has 2 aromatic carbocycles. The molecule has 0 saturated carbocycles. The average Bonchev–Trinajstić information content (AvgIpc) is 3.14. The Morgan fingerprint density at radius 3 is 2.83 bits per heavy atom. The zero-order valence-corrected chi connectivity index (χ0v) is 18.1. The van der Waals surface area contributed by atoms with E-state index < -0.39 is 0 Å². The zero-order valence-electron chi connectivity index (χ0n) is 16.6. The Labute approximate surface area is 184 Å². The highest BCUT2D eigenvalue weighted by Gasteiger charge is 2.36. The highest BCUT2D eigenvalue weighted by atomic mass is 35.5. The van der Waals surface area contributed by atoms with Crippen LogP contribution in [-0.2, 0) is 10.5 Å². The first-order valence-corrected chi connectivity index (χ1v) is 11.4. The lowest BCUT2D eigenvalue weighted by Gasteiger charge is -2.32. The molecule has 0 radical (unpaired) electrons. The molecule has 5 nitrogen and oxygen atoms in total. The lowest BCUT2D eigenvalue weighted by atomic mass is 9.85. The van der Waals surface area contributed by atoms with Gasteiger partial charge in [0, 0.05) is 28.5 Å². The summed E-state index contributed by atoms with van der Waals surface area (Å²) >= 11 is 7.66. The molecule has 1 N–H and O–H groups in total. The van der Waals surface area contributed by atoms with Crippen LogP contribution in [0.15, 0.2) is 65.0 Å². The summed E-state index contributed by atoms with van der Waals surface area (Å²) in [5.41, 5.74) is 5.18. The van der Waals surface area contributed by atoms with E-state index in [-0.39, 0.29) is 11.8 Å². The van der Waals surface area contributed by atoms with Gasteiger partial charge in [0.15, 0.2) is 5.78 Å². The van der Waals surface area contributed by atoms with Crippen molar-refractivity contribution in [3.8, 4) is 0 Å². The molecule has 0 fully saturated rings. The first-order chi connectivity index (χ1) is 14.6. The number of ketones is 1. The molecule has 0 unspecified atom stereocenters. The van der Waals surface area contributed by atoms with E-state index in [0.717, 1.165) is 46.0 Å². The fraction of sp³-hybridized carbons (Fsp3) is 0.261. The summed E-state index contributed by atoms with van der Waals surface area (Å²) in [5.74, 6) is 1.62. The summed E-state index contributed by atoms with van der Waals surface area (Å²) in [4.78, 5) is 17.6. The number of benzene rings is 2. The molecular formula is C23H21ClN4OS. The average molecular weight is 437 g/mol. The summed E-state index contributed by atoms with van der Waals surface area (Å²) in [6.07, 6.45) is 2.32. The Morgan fingerprint density at radius 2 is 2.03 bits per heavy atom. The van der Waals surface area contributed by atoms with E-state index in [1.165, 1.54) is 5.56 Å². The van der Waals surface area contributed by atoms with Crippen molar-refractivity contribution in [2.24, 2.45) is 0 Å². The molecule has 3 aromatic rings. The molecule has 1 aliphatic carbocycles. The monoisotopic (exact) mass is 436 g/mol. The van der Waals surface area contributed by atoms with E-state index in [0.29, 0.717) is 17.5 Å². The first kappa shape index (κ1) is 19.4. The Bertz CT molecular complexity index is 1150. The van der Waals surface area contributed by atoms with Crippen LogP contribution in [0.1, 0.15) is 42.0 Å². The molecule has 2 aliphatic rings. The Balaban J connectivity index is 1.50. The van der Waals surface area contributed by atoms with E-state index in [2.05, 4.69) is 36.5 Å². The molecule has 1 aliphatic heterocycles. The Hall–Kier alpha value is -2.57. The lowest BCUT2D eigenvalue weighted by Crippen LogP contribution is -2.31. The summed E-state index contributed by atoms with van der Waals surface area (Å²) < 4.78 is 1.87. The number of allylic oxidation sites excluding steroid dienone is 2. The standard InChI is InChI=1S/C23H21ClN4OS/c1-14-8-10-16(11-9-14)21-20-18(6-3-7-19(20)29)25-22-26-23(27-28(21)22)30-13-15-4-2-5-17(24)12-15/h2,4-5,8-12,21H,3,6-7,13H2,1H3,(H,25,26,27)/t21-/m1/s1. The summed E-state index contributed by atoms with van der Waals surface area (Å²) in [6.45, 7) is 2.06. The van der Waals surface area contributed by atoms with Crippen molar-refractivity contribution in [1.29, 1.82) is 0 Å². The first-order valence-electron chi connectivity index (χ1n) is 10.0. The van der Waals surface area contributed by atoms with Crippen LogP contribution in [0.25, 0.3) is 0 Å². The van der Waals surface area contributed by atoms with E-state index in [4.69, 9.17) is 21.7 Å². The van der Waals surface area contributed by atoms with Gasteiger partial charge in [-0.25, -0.2) is 4.68 Å². The van der Waals surface area contributed by atoms with E-state index >= 15 is 0 Å². The van der Waals surface area contributed by atoms with Crippen LogP contribution in [0.3, 0.4) is 0 Å². The number of nitrogens with one attached hydrogen (secondary N) is 1. The maximum Gasteiger partial charge on any atom is 0.227 e. The van der Waals surface area contributed by atoms with Gasteiger partial charge in [-0.05, 0) is 43.0 Å². The number of carbonyl (C=O) groups is 1. The fourth-order valence-electron chi connectivity index (χ4n) is 4.03. The lowest BCUT2D eigenvalue weighted by molar-refractivity contribution is -0.116. The van der Waals surface area contributed by atoms with Crippen LogP contribution in [0.5, 0.6) is 0 Å². The third-order valence-corrected chi connectivity index (χ3v) is 6.64. The smallest absolute Gasteiger partial charge is 0.227 e. The number of rotatable bonds is 4. The second-order valence-corrected chi connectivity index (χ2v) is 9.07. The van der Waals surface area contributed by atoms with E-state index in [1.54, 1.807) is 11.8 Å². The van der Waals surface area contributed by atoms with Gasteiger partial charge in [0.25, 0.3) is 0 Å². The van der Waals surface area contributed by atoms with Gasteiger partial charge in [-0.3, -0.25) is 4.79 Å². The molecule has 0 spiro atoms. The van der Waals surface area contributed by atoms with Gasteiger partial charge in [-0.1, -0.05) is 65.3 Å². The number of Topliss-reactive ketones (excluding diaryl/α,β-unsaturated/α-hetero) is 1. The number of aryl methyl sites for hydroxylation is 1. The Morgan fingerprint density at radius 1 is 1.20 bits per heavy atom. The van der Waals surface area contributed by atoms with E-state index in [1.807, 2.05) is 28.9 Å². The number of halogens is 1. The summed E-state index contributed by atoms with van der Waals surface area (Å²) in [6, 6.07) is 15.9. The third-order valence-electron chi connectivity index (χ3n) is 5.50. The van der Waals surface area contributed by atoms with Crippen LogP contribution in [-0.4, -0.2) is 20.5 Å². The normalized spacial score (nSPS) is 18.1. The minimum absolute atomic E-state index is 0.198. The molecule has 7 heteroatoms. The quantitative estimate of drug-likeness (QED) is 0.543. The van der Waals surface area contributed by atoms with Crippen molar-refractivity contribution in [2.75, 3.05) is 5.32 Å². The summed E-state index contributed by atoms with van der Waals surface area (Å²) in [7, 11) is 0. The highest BCUT2D eigenvalue weighted by molar-refractivity contribution is 7.98. The predicted molar refractivity (Wildman–Crippen MR) is 120 cm³/mol. The van der Waals surface area contributed by atoms with Gasteiger partial charge >= 0.3 is 0 Å². The second kappa shape index (κ2) is 7.93. The van der Waals surface area contributed by atoms with Crippen LogP contribution in [0, 0.1) is 6.92 Å². The molecule has 152 valence electrons. The molecule has 1 atom stereocenters. The number of nitrogens with zero attached hydrogens (tertiary/aromatic N) is 3. The molecule has 1 aromatic heterocycles. The van der Waals surface area contributed by atoms with E-state index in [9.17, 15) is 4.79 Å². The van der Waals surface area contributed by atoms with Crippen LogP contribution >= 0.6 is 23.4 Å². The van der Waals surface area contributed by atoms with Crippen molar-refractivity contribution >= 4 is 35.1 Å². The number of anilines is 1. The van der Waals surface area contributed by atoms with Crippen molar-refractivity contribution in [1.82, 2.24) is 14.8 Å². The Kier molecular flexibility index (Phi) is 5.13. The number of hydrogen-bond acceptors (Lipinski definition) is 5. The molecule has 5 rings (SSSR count). The molecule has 0 amide bonds. The van der Waals surface area contributed by atoms with Gasteiger partial charge in [-0.2, -0.15) is 4.98 Å². The topological polar surface area (TPSA) is 59.8 Å². The third kappa shape index (κ3) is 3.66. The molecular weight excluding hydrogens is 416 g/mol. The predicted octanol–water partition coefficient (Wildman–Crippen LogP) is 5.55. The van der Waals surface area contributed by atoms with Gasteiger partial charge in [0.1, 0.15) is 6.04 Å². The maximum absolute atomic E-state index is 12.9. The molecule has 2 heterocycles. The van der Waals surface area contributed by atoms with Crippen LogP contribution in [0.4, 0.5) is 5.95 Å². The number of thioether (sulfide) groups is 1. The molecule has 0 saturated heterocycles. The maximum atomic E-state index is 12.9. The molecule has 0 bridgehead atoms.